The van der Waals surface area contributed by atoms with Crippen LogP contribution in [-0.4, -0.2) is 16.7 Å². The molecule has 2 rings (SSSR count). The zero-order chi connectivity index (χ0) is 12.6. The smallest absolute Gasteiger partial charge is 0.396 e. The van der Waals surface area contributed by atoms with Crippen LogP contribution in [0, 0.1) is 0 Å². The largest absolute Gasteiger partial charge is 0.431 e. The minimum Gasteiger partial charge on any atom is -0.396 e. The lowest BCUT2D eigenvalue weighted by Crippen LogP contribution is -2.04. The molecule has 0 saturated heterocycles. The molecule has 0 bridgehead atoms. The molecular weight excluding hydrogens is 231 g/mol. The first-order chi connectivity index (χ1) is 7.91. The molecule has 0 spiro atoms. The summed E-state index contributed by atoms with van der Waals surface area (Å²) in [4.78, 5) is 2.33. The lowest BCUT2D eigenvalue weighted by atomic mass is 10.0. The number of hydrogen-bond acceptors (Lipinski definition) is 1. The van der Waals surface area contributed by atoms with Gasteiger partial charge in [0.2, 0.25) is 0 Å². The van der Waals surface area contributed by atoms with Gasteiger partial charge in [0.1, 0.15) is 5.69 Å². The van der Waals surface area contributed by atoms with Gasteiger partial charge >= 0.3 is 6.18 Å². The summed E-state index contributed by atoms with van der Waals surface area (Å²) in [6.07, 6.45) is -4.36. The number of rotatable bonds is 2. The number of hydrogen-bond donors (Lipinski definition) is 2. The van der Waals surface area contributed by atoms with Crippen LogP contribution in [0.4, 0.5) is 13.2 Å². The van der Waals surface area contributed by atoms with Gasteiger partial charge < -0.3 is 10.1 Å². The Balaban J connectivity index is 2.48. The summed E-state index contributed by atoms with van der Waals surface area (Å²) in [5, 5.41) is 9.52. The van der Waals surface area contributed by atoms with E-state index in [-0.39, 0.29) is 12.5 Å². The Morgan fingerprint density at radius 2 is 2.00 bits per heavy atom. The van der Waals surface area contributed by atoms with Crippen molar-refractivity contribution in [2.75, 3.05) is 6.61 Å². The molecule has 0 amide bonds. The molecule has 0 aliphatic carbocycles. The Hall–Kier alpha value is -1.49. The molecule has 0 aliphatic heterocycles. The maximum Gasteiger partial charge on any atom is 0.431 e. The van der Waals surface area contributed by atoms with Crippen molar-refractivity contribution < 1.29 is 18.3 Å². The van der Waals surface area contributed by atoms with Gasteiger partial charge in [-0.2, -0.15) is 13.2 Å². The number of H-pyrrole nitrogens is 1. The molecule has 92 valence electrons. The summed E-state index contributed by atoms with van der Waals surface area (Å²) in [6, 6.07) is 6.08. The molecule has 2 N–H and O–H groups in total. The van der Waals surface area contributed by atoms with Crippen LogP contribution in [0.1, 0.15) is 24.1 Å². The van der Waals surface area contributed by atoms with Crippen LogP contribution in [0.2, 0.25) is 0 Å². The van der Waals surface area contributed by atoms with Crippen LogP contribution >= 0.6 is 0 Å². The number of aliphatic hydroxyl groups excluding tert-OH is 1. The second kappa shape index (κ2) is 4.07. The van der Waals surface area contributed by atoms with Crippen molar-refractivity contribution in [3.63, 3.8) is 0 Å². The minimum absolute atomic E-state index is 0.0257. The van der Waals surface area contributed by atoms with Crippen LogP contribution < -0.4 is 0 Å². The summed E-state index contributed by atoms with van der Waals surface area (Å²) in [5.74, 6) is -0.0800. The standard InChI is InChI=1S/C12H12F3NO/c1-7(6-17)8-2-3-10-9(4-8)5-11(16-10)12(13,14)15/h2-5,7,16-17H,6H2,1H3. The summed E-state index contributed by atoms with van der Waals surface area (Å²) in [6.45, 7) is 1.79. The Kier molecular flexibility index (Phi) is 2.87. The molecule has 1 heterocycles. The van der Waals surface area contributed by atoms with Crippen LogP contribution in [0.3, 0.4) is 0 Å². The first kappa shape index (κ1) is 12.0. The third-order valence-electron chi connectivity index (χ3n) is 2.79. The van der Waals surface area contributed by atoms with Crippen molar-refractivity contribution in [1.82, 2.24) is 4.98 Å². The van der Waals surface area contributed by atoms with E-state index in [0.717, 1.165) is 11.6 Å². The predicted octanol–water partition coefficient (Wildman–Crippen LogP) is 3.28. The maximum absolute atomic E-state index is 12.5. The molecule has 17 heavy (non-hydrogen) atoms. The molecule has 2 aromatic rings. The third kappa shape index (κ3) is 2.29. The molecule has 1 aromatic heterocycles. The highest BCUT2D eigenvalue weighted by molar-refractivity contribution is 5.81. The number of nitrogens with one attached hydrogen (secondary N) is 1. The second-order valence-corrected chi connectivity index (χ2v) is 4.11. The quantitative estimate of drug-likeness (QED) is 0.834. The Labute approximate surface area is 96.1 Å². The minimum atomic E-state index is -4.36. The van der Waals surface area contributed by atoms with E-state index in [4.69, 9.17) is 5.11 Å². The lowest BCUT2D eigenvalue weighted by molar-refractivity contribution is -0.140. The number of aromatic nitrogens is 1. The van der Waals surface area contributed by atoms with Crippen molar-refractivity contribution in [1.29, 1.82) is 0 Å². The van der Waals surface area contributed by atoms with E-state index in [1.807, 2.05) is 6.92 Å². The van der Waals surface area contributed by atoms with Gasteiger partial charge in [0.15, 0.2) is 0 Å². The number of alkyl halides is 3. The van der Waals surface area contributed by atoms with E-state index in [9.17, 15) is 13.2 Å². The van der Waals surface area contributed by atoms with Gasteiger partial charge in [-0.1, -0.05) is 13.0 Å². The summed E-state index contributed by atoms with van der Waals surface area (Å²) < 4.78 is 37.4. The SMILES string of the molecule is CC(CO)c1ccc2[nH]c(C(F)(F)F)cc2c1. The normalized spacial score (nSPS) is 14.2. The van der Waals surface area contributed by atoms with Crippen LogP contribution in [0.25, 0.3) is 10.9 Å². The molecule has 0 radical (unpaired) electrons. The molecule has 1 aromatic carbocycles. The highest BCUT2D eigenvalue weighted by Gasteiger charge is 2.32. The average molecular weight is 243 g/mol. The average Bonchev–Trinajstić information content (AvgIpc) is 2.70. The van der Waals surface area contributed by atoms with Crippen molar-refractivity contribution in [2.24, 2.45) is 0 Å². The summed E-state index contributed by atoms with van der Waals surface area (Å²) in [5.41, 5.74) is 0.528. The van der Waals surface area contributed by atoms with E-state index < -0.39 is 11.9 Å². The highest BCUT2D eigenvalue weighted by Crippen LogP contribution is 2.32. The van der Waals surface area contributed by atoms with Crippen LogP contribution in [0.5, 0.6) is 0 Å². The molecule has 0 aliphatic rings. The number of aliphatic hydroxyl groups is 1. The van der Waals surface area contributed by atoms with Gasteiger partial charge in [-0.25, -0.2) is 0 Å². The monoisotopic (exact) mass is 243 g/mol. The van der Waals surface area contributed by atoms with E-state index in [2.05, 4.69) is 4.98 Å². The molecule has 2 nitrogen and oxygen atoms in total. The molecule has 0 saturated carbocycles. The third-order valence-corrected chi connectivity index (χ3v) is 2.79. The fourth-order valence-electron chi connectivity index (χ4n) is 1.72. The van der Waals surface area contributed by atoms with E-state index in [1.54, 1.807) is 18.2 Å². The van der Waals surface area contributed by atoms with E-state index in [1.165, 1.54) is 0 Å². The van der Waals surface area contributed by atoms with E-state index >= 15 is 0 Å². The van der Waals surface area contributed by atoms with Gasteiger partial charge in [-0.15, -0.1) is 0 Å². The van der Waals surface area contributed by atoms with Crippen molar-refractivity contribution in [2.45, 2.75) is 19.0 Å². The molecule has 0 fully saturated rings. The predicted molar refractivity (Wildman–Crippen MR) is 58.8 cm³/mol. The van der Waals surface area contributed by atoms with Crippen molar-refractivity contribution >= 4 is 10.9 Å². The fourth-order valence-corrected chi connectivity index (χ4v) is 1.72. The number of halogens is 3. The summed E-state index contributed by atoms with van der Waals surface area (Å²) in [7, 11) is 0. The van der Waals surface area contributed by atoms with E-state index in [0.29, 0.717) is 10.9 Å². The second-order valence-electron chi connectivity index (χ2n) is 4.11. The van der Waals surface area contributed by atoms with Gasteiger partial charge in [0, 0.05) is 23.4 Å². The van der Waals surface area contributed by atoms with Crippen LogP contribution in [0.15, 0.2) is 24.3 Å². The zero-order valence-corrected chi connectivity index (χ0v) is 9.17. The van der Waals surface area contributed by atoms with Crippen molar-refractivity contribution in [3.8, 4) is 0 Å². The summed E-state index contributed by atoms with van der Waals surface area (Å²) >= 11 is 0. The maximum atomic E-state index is 12.5. The number of aromatic amines is 1. The zero-order valence-electron chi connectivity index (χ0n) is 9.17. The topological polar surface area (TPSA) is 36.0 Å². The first-order valence-electron chi connectivity index (χ1n) is 5.22. The van der Waals surface area contributed by atoms with Crippen LogP contribution in [-0.2, 0) is 6.18 Å². The molecule has 1 unspecified atom stereocenters. The highest BCUT2D eigenvalue weighted by atomic mass is 19.4. The number of benzene rings is 1. The van der Waals surface area contributed by atoms with Gasteiger partial charge in [-0.3, -0.25) is 0 Å². The fraction of sp³-hybridized carbons (Fsp3) is 0.333. The molecule has 5 heteroatoms. The van der Waals surface area contributed by atoms with Gasteiger partial charge in [0.05, 0.1) is 0 Å². The van der Waals surface area contributed by atoms with Gasteiger partial charge in [-0.05, 0) is 23.8 Å². The Morgan fingerprint density at radius 3 is 2.59 bits per heavy atom. The first-order valence-corrected chi connectivity index (χ1v) is 5.22. The Bertz CT molecular complexity index is 530. The number of fused-ring (bicyclic) bond motifs is 1. The van der Waals surface area contributed by atoms with Gasteiger partial charge in [0.25, 0.3) is 0 Å². The lowest BCUT2D eigenvalue weighted by Gasteiger charge is -2.07. The Morgan fingerprint density at radius 1 is 1.29 bits per heavy atom. The molecular formula is C12H12F3NO. The van der Waals surface area contributed by atoms with Crippen molar-refractivity contribution in [3.05, 3.63) is 35.5 Å². The molecule has 1 atom stereocenters.